The molecule has 0 spiro atoms. The van der Waals surface area contributed by atoms with Crippen molar-refractivity contribution < 1.29 is 14.6 Å². The van der Waals surface area contributed by atoms with Crippen molar-refractivity contribution in [3.63, 3.8) is 0 Å². The number of carbonyl (C=O) groups excluding carboxylic acids is 1. The first-order chi connectivity index (χ1) is 9.11. The number of unbranched alkanes of at least 4 members (excludes halogenated alkanes) is 2. The predicted octanol–water partition coefficient (Wildman–Crippen LogP) is 3.39. The summed E-state index contributed by atoms with van der Waals surface area (Å²) in [5, 5.41) is 10.5. The molecular weight excluding hydrogens is 260 g/mol. The molecule has 0 atom stereocenters. The van der Waals surface area contributed by atoms with Crippen LogP contribution in [-0.4, -0.2) is 34.8 Å². The predicted molar refractivity (Wildman–Crippen MR) is 80.4 cm³/mol. The van der Waals surface area contributed by atoms with Gasteiger partial charge in [0.15, 0.2) is 0 Å². The first kappa shape index (κ1) is 16.8. The minimum atomic E-state index is -0.556. The lowest BCUT2D eigenvalue weighted by atomic mass is 9.80. The normalized spacial score (nSPS) is 27.2. The molecule has 0 aliphatic heterocycles. The van der Waals surface area contributed by atoms with Gasteiger partial charge in [-0.2, -0.15) is 11.8 Å². The Balaban J connectivity index is 2.21. The second-order valence-corrected chi connectivity index (χ2v) is 6.62. The van der Waals surface area contributed by atoms with Gasteiger partial charge < -0.3 is 9.84 Å². The maximum Gasteiger partial charge on any atom is 0.308 e. The fraction of sp³-hybridized carbons (Fsp3) is 0.933. The van der Waals surface area contributed by atoms with Gasteiger partial charge in [-0.15, -0.1) is 0 Å². The van der Waals surface area contributed by atoms with Crippen molar-refractivity contribution in [1.82, 2.24) is 0 Å². The van der Waals surface area contributed by atoms with Crippen molar-refractivity contribution in [2.75, 3.05) is 18.1 Å². The molecule has 1 fully saturated rings. The van der Waals surface area contributed by atoms with Crippen LogP contribution < -0.4 is 0 Å². The van der Waals surface area contributed by atoms with Crippen LogP contribution in [0.2, 0.25) is 0 Å². The number of thioether (sulfide) groups is 1. The molecular formula is C15H28O3S. The topological polar surface area (TPSA) is 46.5 Å². The first-order valence-electron chi connectivity index (χ1n) is 7.58. The van der Waals surface area contributed by atoms with E-state index in [0.717, 1.165) is 37.2 Å². The van der Waals surface area contributed by atoms with Crippen molar-refractivity contribution in [3.8, 4) is 0 Å². The van der Waals surface area contributed by atoms with Crippen molar-refractivity contribution in [2.24, 2.45) is 5.92 Å². The standard InChI is InChI=1S/C15H28O3S/c1-3-5-6-11-19-12-15(17)9-7-13(8-10-15)14(16)18-4-2/h13,17H,3-12H2,1-2H3. The number of hydrogen-bond donors (Lipinski definition) is 1. The van der Waals surface area contributed by atoms with Gasteiger partial charge >= 0.3 is 5.97 Å². The number of aliphatic hydroxyl groups is 1. The molecule has 19 heavy (non-hydrogen) atoms. The quantitative estimate of drug-likeness (QED) is 0.549. The minimum Gasteiger partial charge on any atom is -0.466 e. The van der Waals surface area contributed by atoms with Gasteiger partial charge in [-0.3, -0.25) is 4.79 Å². The molecule has 0 saturated heterocycles. The van der Waals surface area contributed by atoms with Crippen LogP contribution in [0, 0.1) is 5.92 Å². The third-order valence-electron chi connectivity index (χ3n) is 3.80. The summed E-state index contributed by atoms with van der Waals surface area (Å²) in [4.78, 5) is 11.6. The average Bonchev–Trinajstić information content (AvgIpc) is 2.39. The number of esters is 1. The highest BCUT2D eigenvalue weighted by atomic mass is 32.2. The maximum absolute atomic E-state index is 11.6. The van der Waals surface area contributed by atoms with Gasteiger partial charge in [0, 0.05) is 5.75 Å². The van der Waals surface area contributed by atoms with Crippen LogP contribution in [-0.2, 0) is 9.53 Å². The molecule has 1 aliphatic carbocycles. The summed E-state index contributed by atoms with van der Waals surface area (Å²) in [6.07, 6.45) is 6.76. The Kier molecular flexibility index (Phi) is 7.84. The number of ether oxygens (including phenoxy) is 1. The molecule has 1 rings (SSSR count). The Morgan fingerprint density at radius 3 is 2.58 bits per heavy atom. The lowest BCUT2D eigenvalue weighted by Gasteiger charge is -2.34. The zero-order valence-corrected chi connectivity index (χ0v) is 13.1. The summed E-state index contributed by atoms with van der Waals surface area (Å²) >= 11 is 1.85. The molecule has 0 unspecified atom stereocenters. The molecule has 0 aromatic heterocycles. The molecule has 0 aromatic carbocycles. The molecule has 0 bridgehead atoms. The molecule has 0 radical (unpaired) electrons. The van der Waals surface area contributed by atoms with E-state index in [2.05, 4.69) is 6.92 Å². The van der Waals surface area contributed by atoms with Crippen molar-refractivity contribution in [3.05, 3.63) is 0 Å². The van der Waals surface area contributed by atoms with Crippen molar-refractivity contribution in [2.45, 2.75) is 64.4 Å². The molecule has 1 N–H and O–H groups in total. The van der Waals surface area contributed by atoms with Crippen LogP contribution in [0.25, 0.3) is 0 Å². The summed E-state index contributed by atoms with van der Waals surface area (Å²) in [5.41, 5.74) is -0.556. The zero-order chi connectivity index (χ0) is 14.1. The molecule has 3 nitrogen and oxygen atoms in total. The van der Waals surface area contributed by atoms with Crippen molar-refractivity contribution in [1.29, 1.82) is 0 Å². The van der Waals surface area contributed by atoms with Crippen molar-refractivity contribution >= 4 is 17.7 Å². The number of hydrogen-bond acceptors (Lipinski definition) is 4. The van der Waals surface area contributed by atoms with Crippen LogP contribution in [0.15, 0.2) is 0 Å². The van der Waals surface area contributed by atoms with E-state index in [4.69, 9.17) is 4.74 Å². The molecule has 112 valence electrons. The smallest absolute Gasteiger partial charge is 0.308 e. The molecule has 1 aliphatic rings. The van der Waals surface area contributed by atoms with Crippen LogP contribution >= 0.6 is 11.8 Å². The molecule has 1 saturated carbocycles. The highest BCUT2D eigenvalue weighted by molar-refractivity contribution is 7.99. The van der Waals surface area contributed by atoms with Gasteiger partial charge in [0.2, 0.25) is 0 Å². The maximum atomic E-state index is 11.6. The summed E-state index contributed by atoms with van der Waals surface area (Å²) in [7, 11) is 0. The van der Waals surface area contributed by atoms with E-state index < -0.39 is 5.60 Å². The fourth-order valence-corrected chi connectivity index (χ4v) is 3.73. The van der Waals surface area contributed by atoms with E-state index in [9.17, 15) is 9.90 Å². The third kappa shape index (κ3) is 6.17. The number of carbonyl (C=O) groups is 1. The Morgan fingerprint density at radius 2 is 2.00 bits per heavy atom. The Labute approximate surface area is 121 Å². The largest absolute Gasteiger partial charge is 0.466 e. The summed E-state index contributed by atoms with van der Waals surface area (Å²) in [6, 6.07) is 0. The second kappa shape index (κ2) is 8.85. The van der Waals surface area contributed by atoms with E-state index in [1.54, 1.807) is 0 Å². The Bertz CT molecular complexity index is 260. The van der Waals surface area contributed by atoms with Crippen LogP contribution in [0.3, 0.4) is 0 Å². The first-order valence-corrected chi connectivity index (χ1v) is 8.73. The van der Waals surface area contributed by atoms with Crippen LogP contribution in [0.4, 0.5) is 0 Å². The lowest BCUT2D eigenvalue weighted by Crippen LogP contribution is -2.38. The van der Waals surface area contributed by atoms with Gasteiger partial charge in [-0.1, -0.05) is 19.8 Å². The van der Waals surface area contributed by atoms with Gasteiger partial charge in [0.1, 0.15) is 0 Å². The van der Waals surface area contributed by atoms with E-state index >= 15 is 0 Å². The monoisotopic (exact) mass is 288 g/mol. The highest BCUT2D eigenvalue weighted by Gasteiger charge is 2.36. The Morgan fingerprint density at radius 1 is 1.32 bits per heavy atom. The number of rotatable bonds is 8. The van der Waals surface area contributed by atoms with Crippen LogP contribution in [0.5, 0.6) is 0 Å². The molecule has 0 heterocycles. The average molecular weight is 288 g/mol. The molecule has 0 amide bonds. The second-order valence-electron chi connectivity index (χ2n) is 5.51. The van der Waals surface area contributed by atoms with E-state index in [-0.39, 0.29) is 11.9 Å². The summed E-state index contributed by atoms with van der Waals surface area (Å²) in [6.45, 7) is 4.49. The summed E-state index contributed by atoms with van der Waals surface area (Å²) in [5.74, 6) is 1.87. The SMILES string of the molecule is CCCCCSCC1(O)CCC(C(=O)OCC)CC1. The van der Waals surface area contributed by atoms with Crippen LogP contribution in [0.1, 0.15) is 58.8 Å². The van der Waals surface area contributed by atoms with E-state index in [1.165, 1.54) is 19.3 Å². The lowest BCUT2D eigenvalue weighted by molar-refractivity contribution is -0.150. The molecule has 4 heteroatoms. The minimum absolute atomic E-state index is 0.00492. The van der Waals surface area contributed by atoms with Gasteiger partial charge in [-0.05, 0) is 44.8 Å². The van der Waals surface area contributed by atoms with E-state index in [1.807, 2.05) is 18.7 Å². The zero-order valence-electron chi connectivity index (χ0n) is 12.3. The van der Waals surface area contributed by atoms with E-state index in [0.29, 0.717) is 6.61 Å². The van der Waals surface area contributed by atoms with Gasteiger partial charge in [0.25, 0.3) is 0 Å². The third-order valence-corrected chi connectivity index (χ3v) is 5.12. The Hall–Kier alpha value is -0.220. The van der Waals surface area contributed by atoms with Gasteiger partial charge in [0.05, 0.1) is 18.1 Å². The highest BCUT2D eigenvalue weighted by Crippen LogP contribution is 2.35. The van der Waals surface area contributed by atoms with Gasteiger partial charge in [-0.25, -0.2) is 0 Å². The summed E-state index contributed by atoms with van der Waals surface area (Å²) < 4.78 is 5.05. The molecule has 0 aromatic rings. The fourth-order valence-electron chi connectivity index (χ4n) is 2.51.